The molecule has 1 amide bonds. The highest BCUT2D eigenvalue weighted by atomic mass is 16.5. The number of hydrogen-bond donors (Lipinski definition) is 3. The standard InChI is InChI=1S/C14H19N3O3/c1-20-12-6-5-11(8-12)16-14(18)10-4-2-3-9(7-10)13(15)17-19/h2-4,7,11-12,19H,5-6,8H2,1H3,(H2,15,17)(H,16,18). The highest BCUT2D eigenvalue weighted by molar-refractivity contribution is 6.01. The van der Waals surface area contributed by atoms with Crippen molar-refractivity contribution in [3.63, 3.8) is 0 Å². The number of nitrogens with one attached hydrogen (secondary N) is 1. The Bertz CT molecular complexity index is 516. The topological polar surface area (TPSA) is 96.9 Å². The number of hydrogen-bond acceptors (Lipinski definition) is 4. The summed E-state index contributed by atoms with van der Waals surface area (Å²) in [5.74, 6) is -0.167. The number of benzene rings is 1. The van der Waals surface area contributed by atoms with E-state index in [2.05, 4.69) is 10.5 Å². The van der Waals surface area contributed by atoms with Crippen LogP contribution in [0.15, 0.2) is 29.4 Å². The molecule has 0 radical (unpaired) electrons. The predicted octanol–water partition coefficient (Wildman–Crippen LogP) is 1.08. The molecule has 1 aromatic carbocycles. The molecule has 1 aromatic rings. The maximum atomic E-state index is 12.2. The maximum absolute atomic E-state index is 12.2. The van der Waals surface area contributed by atoms with Gasteiger partial charge in [0.05, 0.1) is 6.10 Å². The van der Waals surface area contributed by atoms with Crippen LogP contribution in [-0.4, -0.2) is 36.2 Å². The summed E-state index contributed by atoms with van der Waals surface area (Å²) in [7, 11) is 1.69. The zero-order valence-corrected chi connectivity index (χ0v) is 11.4. The van der Waals surface area contributed by atoms with Crippen LogP contribution >= 0.6 is 0 Å². The zero-order chi connectivity index (χ0) is 14.5. The molecule has 6 nitrogen and oxygen atoms in total. The van der Waals surface area contributed by atoms with Gasteiger partial charge in [0.15, 0.2) is 5.84 Å². The molecule has 1 aliphatic carbocycles. The van der Waals surface area contributed by atoms with Crippen LogP contribution in [-0.2, 0) is 4.74 Å². The predicted molar refractivity (Wildman–Crippen MR) is 74.9 cm³/mol. The van der Waals surface area contributed by atoms with Gasteiger partial charge in [0.2, 0.25) is 0 Å². The number of ether oxygens (including phenoxy) is 1. The van der Waals surface area contributed by atoms with E-state index in [1.807, 2.05) is 0 Å². The molecular weight excluding hydrogens is 258 g/mol. The minimum Gasteiger partial charge on any atom is -0.409 e. The lowest BCUT2D eigenvalue weighted by molar-refractivity contribution is 0.0915. The molecule has 108 valence electrons. The van der Waals surface area contributed by atoms with Gasteiger partial charge in [-0.05, 0) is 31.4 Å². The van der Waals surface area contributed by atoms with Gasteiger partial charge in [-0.2, -0.15) is 0 Å². The molecule has 0 spiro atoms. The Morgan fingerprint density at radius 3 is 2.85 bits per heavy atom. The number of amidine groups is 1. The van der Waals surface area contributed by atoms with Gasteiger partial charge in [-0.1, -0.05) is 17.3 Å². The van der Waals surface area contributed by atoms with E-state index in [9.17, 15) is 4.79 Å². The molecule has 4 N–H and O–H groups in total. The van der Waals surface area contributed by atoms with E-state index < -0.39 is 0 Å². The van der Waals surface area contributed by atoms with Crippen molar-refractivity contribution < 1.29 is 14.7 Å². The van der Waals surface area contributed by atoms with E-state index in [0.717, 1.165) is 19.3 Å². The number of carbonyl (C=O) groups excluding carboxylic acids is 1. The summed E-state index contributed by atoms with van der Waals surface area (Å²) in [6.45, 7) is 0. The number of methoxy groups -OCH3 is 1. The molecule has 0 saturated heterocycles. The minimum absolute atomic E-state index is 0.0139. The van der Waals surface area contributed by atoms with E-state index in [0.29, 0.717) is 11.1 Å². The largest absolute Gasteiger partial charge is 0.409 e. The van der Waals surface area contributed by atoms with E-state index in [-0.39, 0.29) is 23.9 Å². The molecule has 1 saturated carbocycles. The van der Waals surface area contributed by atoms with Gasteiger partial charge in [0.1, 0.15) is 0 Å². The van der Waals surface area contributed by atoms with E-state index in [4.69, 9.17) is 15.7 Å². The van der Waals surface area contributed by atoms with Crippen LogP contribution in [0.5, 0.6) is 0 Å². The van der Waals surface area contributed by atoms with Gasteiger partial charge in [-0.25, -0.2) is 0 Å². The number of oxime groups is 1. The molecule has 1 fully saturated rings. The van der Waals surface area contributed by atoms with Crippen molar-refractivity contribution >= 4 is 11.7 Å². The molecule has 2 rings (SSSR count). The summed E-state index contributed by atoms with van der Waals surface area (Å²) >= 11 is 0. The SMILES string of the molecule is COC1CCC(NC(=O)c2cccc(/C(N)=N/O)c2)C1. The number of amides is 1. The van der Waals surface area contributed by atoms with Crippen LogP contribution in [0.2, 0.25) is 0 Å². The van der Waals surface area contributed by atoms with Crippen molar-refractivity contribution in [3.8, 4) is 0 Å². The van der Waals surface area contributed by atoms with Crippen molar-refractivity contribution in [1.29, 1.82) is 0 Å². The fraction of sp³-hybridized carbons (Fsp3) is 0.429. The van der Waals surface area contributed by atoms with Crippen LogP contribution < -0.4 is 11.1 Å². The summed E-state index contributed by atoms with van der Waals surface area (Å²) < 4.78 is 5.28. The van der Waals surface area contributed by atoms with Gasteiger partial charge < -0.3 is 21.0 Å². The molecule has 1 aliphatic rings. The third kappa shape index (κ3) is 3.27. The molecule has 2 unspecified atom stereocenters. The summed E-state index contributed by atoms with van der Waals surface area (Å²) in [6, 6.07) is 6.83. The second-order valence-electron chi connectivity index (χ2n) is 4.91. The molecule has 0 aromatic heterocycles. The number of carbonyl (C=O) groups is 1. The van der Waals surface area contributed by atoms with Crippen LogP contribution in [0, 0.1) is 0 Å². The van der Waals surface area contributed by atoms with Crippen molar-refractivity contribution in [2.75, 3.05) is 7.11 Å². The summed E-state index contributed by atoms with van der Waals surface area (Å²) in [5, 5.41) is 14.6. The lowest BCUT2D eigenvalue weighted by Crippen LogP contribution is -2.33. The van der Waals surface area contributed by atoms with Crippen LogP contribution in [0.1, 0.15) is 35.2 Å². The Labute approximate surface area is 117 Å². The fourth-order valence-corrected chi connectivity index (χ4v) is 2.43. The zero-order valence-electron chi connectivity index (χ0n) is 11.4. The normalized spacial score (nSPS) is 22.8. The van der Waals surface area contributed by atoms with Crippen LogP contribution in [0.3, 0.4) is 0 Å². The van der Waals surface area contributed by atoms with E-state index in [1.165, 1.54) is 0 Å². The summed E-state index contributed by atoms with van der Waals surface area (Å²) in [6.07, 6.45) is 2.95. The third-order valence-electron chi connectivity index (χ3n) is 3.58. The van der Waals surface area contributed by atoms with Gasteiger partial charge >= 0.3 is 0 Å². The Morgan fingerprint density at radius 1 is 1.45 bits per heavy atom. The van der Waals surface area contributed by atoms with Crippen LogP contribution in [0.4, 0.5) is 0 Å². The Hall–Kier alpha value is -2.08. The summed E-state index contributed by atoms with van der Waals surface area (Å²) in [5.41, 5.74) is 6.53. The number of rotatable bonds is 4. The second kappa shape index (κ2) is 6.38. The lowest BCUT2D eigenvalue weighted by atomic mass is 10.1. The van der Waals surface area contributed by atoms with Crippen molar-refractivity contribution in [1.82, 2.24) is 5.32 Å². The first-order valence-electron chi connectivity index (χ1n) is 6.55. The lowest BCUT2D eigenvalue weighted by Gasteiger charge is -2.13. The van der Waals surface area contributed by atoms with Gasteiger partial charge in [0, 0.05) is 24.3 Å². The molecule has 0 aliphatic heterocycles. The van der Waals surface area contributed by atoms with Crippen molar-refractivity contribution in [3.05, 3.63) is 35.4 Å². The van der Waals surface area contributed by atoms with E-state index >= 15 is 0 Å². The molecular formula is C14H19N3O3. The monoisotopic (exact) mass is 277 g/mol. The van der Waals surface area contributed by atoms with Gasteiger partial charge in [-0.15, -0.1) is 0 Å². The van der Waals surface area contributed by atoms with Crippen LogP contribution in [0.25, 0.3) is 0 Å². The van der Waals surface area contributed by atoms with Gasteiger partial charge in [-0.3, -0.25) is 4.79 Å². The van der Waals surface area contributed by atoms with E-state index in [1.54, 1.807) is 31.4 Å². The first-order valence-corrected chi connectivity index (χ1v) is 6.55. The highest BCUT2D eigenvalue weighted by Crippen LogP contribution is 2.21. The molecule has 6 heteroatoms. The second-order valence-corrected chi connectivity index (χ2v) is 4.91. The fourth-order valence-electron chi connectivity index (χ4n) is 2.43. The quantitative estimate of drug-likeness (QED) is 0.332. The first-order chi connectivity index (χ1) is 9.63. The first kappa shape index (κ1) is 14.3. The third-order valence-corrected chi connectivity index (χ3v) is 3.58. The maximum Gasteiger partial charge on any atom is 0.251 e. The highest BCUT2D eigenvalue weighted by Gasteiger charge is 2.25. The Kier molecular flexibility index (Phi) is 4.57. The average Bonchev–Trinajstić information content (AvgIpc) is 2.94. The molecule has 0 heterocycles. The van der Waals surface area contributed by atoms with Gasteiger partial charge in [0.25, 0.3) is 5.91 Å². The van der Waals surface area contributed by atoms with Crippen molar-refractivity contribution in [2.24, 2.45) is 10.9 Å². The minimum atomic E-state index is -0.153. The summed E-state index contributed by atoms with van der Waals surface area (Å²) in [4.78, 5) is 12.2. The molecule has 2 atom stereocenters. The smallest absolute Gasteiger partial charge is 0.251 e. The molecule has 20 heavy (non-hydrogen) atoms. The average molecular weight is 277 g/mol. The number of nitrogens with two attached hydrogens (primary N) is 1. The molecule has 0 bridgehead atoms. The Morgan fingerprint density at radius 2 is 2.20 bits per heavy atom. The van der Waals surface area contributed by atoms with Crippen molar-refractivity contribution in [2.45, 2.75) is 31.4 Å². The number of nitrogens with zero attached hydrogens (tertiary/aromatic N) is 1. The Balaban J connectivity index is 2.03.